The maximum atomic E-state index is 15.0. The summed E-state index contributed by atoms with van der Waals surface area (Å²) < 4.78 is 32.7. The van der Waals surface area contributed by atoms with Gasteiger partial charge in [0.05, 0.1) is 13.2 Å². The Hall–Kier alpha value is -4.70. The molecule has 1 atom stereocenters. The van der Waals surface area contributed by atoms with Crippen LogP contribution < -0.4 is 24.8 Å². The van der Waals surface area contributed by atoms with Crippen molar-refractivity contribution in [2.45, 2.75) is 33.6 Å². The van der Waals surface area contributed by atoms with Crippen LogP contribution in [-0.2, 0) is 0 Å². The van der Waals surface area contributed by atoms with E-state index < -0.39 is 11.7 Å². The number of benzene rings is 3. The molecule has 230 valence electrons. The summed E-state index contributed by atoms with van der Waals surface area (Å²) in [6, 6.07) is 17.5. The van der Waals surface area contributed by atoms with E-state index in [0.717, 1.165) is 37.1 Å². The Morgan fingerprint density at radius 3 is 2.52 bits per heavy atom. The Kier molecular flexibility index (Phi) is 9.91. The van der Waals surface area contributed by atoms with Crippen molar-refractivity contribution in [3.63, 3.8) is 0 Å². The van der Waals surface area contributed by atoms with Gasteiger partial charge in [0.1, 0.15) is 5.56 Å². The highest BCUT2D eigenvalue weighted by Gasteiger charge is 2.21. The summed E-state index contributed by atoms with van der Waals surface area (Å²) in [5.41, 5.74) is 3.08. The van der Waals surface area contributed by atoms with E-state index in [9.17, 15) is 4.79 Å². The van der Waals surface area contributed by atoms with Crippen LogP contribution in [0.25, 0.3) is 0 Å². The minimum Gasteiger partial charge on any atom is -0.490 e. The number of amides is 1. The molecule has 2 N–H and O–H groups in total. The van der Waals surface area contributed by atoms with Crippen molar-refractivity contribution < 1.29 is 23.4 Å². The van der Waals surface area contributed by atoms with Crippen LogP contribution in [-0.4, -0.2) is 54.1 Å². The molecule has 4 aromatic rings. The SMILES string of the molecule is CCOc1ccccc1Oc1nc(Nc2ccc(OCC3CCCN(C)C3)c(F)c2)ncc1C(=O)Nc1c(C)cccc1C. The van der Waals surface area contributed by atoms with E-state index >= 15 is 4.39 Å². The Balaban J connectivity index is 1.38. The van der Waals surface area contributed by atoms with Gasteiger partial charge in [0.25, 0.3) is 5.91 Å². The molecule has 3 aromatic carbocycles. The molecule has 0 spiro atoms. The highest BCUT2D eigenvalue weighted by molar-refractivity contribution is 6.06. The maximum absolute atomic E-state index is 15.0. The van der Waals surface area contributed by atoms with Crippen molar-refractivity contribution in [2.24, 2.45) is 5.92 Å². The number of para-hydroxylation sites is 3. The minimum atomic E-state index is -0.495. The van der Waals surface area contributed by atoms with Crippen LogP contribution in [0.5, 0.6) is 23.1 Å². The lowest BCUT2D eigenvalue weighted by molar-refractivity contribution is 0.102. The summed E-state index contributed by atoms with van der Waals surface area (Å²) in [7, 11) is 2.09. The fourth-order valence-electron chi connectivity index (χ4n) is 5.21. The first-order valence-electron chi connectivity index (χ1n) is 14.8. The number of aromatic nitrogens is 2. The number of nitrogens with zero attached hydrogens (tertiary/aromatic N) is 3. The highest BCUT2D eigenvalue weighted by atomic mass is 19.1. The molecule has 0 saturated carbocycles. The topological polar surface area (TPSA) is 97.8 Å². The maximum Gasteiger partial charge on any atom is 0.262 e. The number of halogens is 1. The molecule has 1 amide bonds. The Morgan fingerprint density at radius 1 is 1.02 bits per heavy atom. The molecule has 2 heterocycles. The summed E-state index contributed by atoms with van der Waals surface area (Å²) in [5, 5.41) is 5.98. The van der Waals surface area contributed by atoms with E-state index in [-0.39, 0.29) is 23.1 Å². The van der Waals surface area contributed by atoms with E-state index in [1.807, 2.05) is 45.0 Å². The number of carbonyl (C=O) groups is 1. The number of hydrogen-bond acceptors (Lipinski definition) is 8. The lowest BCUT2D eigenvalue weighted by Gasteiger charge is -2.29. The summed E-state index contributed by atoms with van der Waals surface area (Å²) in [5.74, 6) is 0.655. The number of likely N-dealkylation sites (tertiary alicyclic amines) is 1. The molecule has 44 heavy (non-hydrogen) atoms. The molecular weight excluding hydrogens is 561 g/mol. The van der Waals surface area contributed by atoms with Crippen LogP contribution >= 0.6 is 0 Å². The van der Waals surface area contributed by atoms with Gasteiger partial charge in [-0.05, 0) is 82.6 Å². The standard InChI is InChI=1S/C34H38FN5O4/c1-5-42-29-13-6-7-14-30(29)44-33-26(32(41)38-31-22(2)10-8-11-23(31)3)19-36-34(39-33)37-25-15-16-28(27(35)18-25)43-21-24-12-9-17-40(4)20-24/h6-8,10-11,13-16,18-19,24H,5,9,12,17,20-21H2,1-4H3,(H,38,41)(H,36,37,39). The fourth-order valence-corrected chi connectivity index (χ4v) is 5.21. The third-order valence-electron chi connectivity index (χ3n) is 7.46. The van der Waals surface area contributed by atoms with E-state index in [0.29, 0.717) is 42.0 Å². The van der Waals surface area contributed by atoms with Crippen molar-refractivity contribution in [1.29, 1.82) is 0 Å². The van der Waals surface area contributed by atoms with E-state index in [1.54, 1.807) is 30.3 Å². The van der Waals surface area contributed by atoms with Gasteiger partial charge >= 0.3 is 0 Å². The average molecular weight is 600 g/mol. The third-order valence-corrected chi connectivity index (χ3v) is 7.46. The van der Waals surface area contributed by atoms with Crippen LogP contribution in [0, 0.1) is 25.6 Å². The van der Waals surface area contributed by atoms with Gasteiger partial charge in [0, 0.05) is 36.1 Å². The summed E-state index contributed by atoms with van der Waals surface area (Å²) in [6.07, 6.45) is 3.57. The number of piperidine rings is 1. The van der Waals surface area contributed by atoms with Gasteiger partial charge < -0.3 is 29.7 Å². The zero-order chi connectivity index (χ0) is 31.1. The van der Waals surface area contributed by atoms with Gasteiger partial charge in [-0.2, -0.15) is 4.98 Å². The normalized spacial score (nSPS) is 15.0. The van der Waals surface area contributed by atoms with Crippen LogP contribution in [0.2, 0.25) is 0 Å². The third kappa shape index (κ3) is 7.62. The van der Waals surface area contributed by atoms with Gasteiger partial charge in [-0.3, -0.25) is 4.79 Å². The monoisotopic (exact) mass is 599 g/mol. The largest absolute Gasteiger partial charge is 0.490 e. The molecule has 1 saturated heterocycles. The molecule has 9 nitrogen and oxygen atoms in total. The van der Waals surface area contributed by atoms with Gasteiger partial charge in [0.2, 0.25) is 11.8 Å². The Morgan fingerprint density at radius 2 is 1.80 bits per heavy atom. The molecule has 1 unspecified atom stereocenters. The van der Waals surface area contributed by atoms with Crippen molar-refractivity contribution in [3.05, 3.63) is 89.4 Å². The zero-order valence-corrected chi connectivity index (χ0v) is 25.5. The van der Waals surface area contributed by atoms with Crippen molar-refractivity contribution in [1.82, 2.24) is 14.9 Å². The number of ether oxygens (including phenoxy) is 3. The second-order valence-corrected chi connectivity index (χ2v) is 11.0. The first kappa shape index (κ1) is 30.7. The van der Waals surface area contributed by atoms with Gasteiger partial charge in [-0.25, -0.2) is 9.37 Å². The molecule has 1 aliphatic rings. The molecule has 0 aliphatic carbocycles. The lowest BCUT2D eigenvalue weighted by atomic mass is 10.00. The summed E-state index contributed by atoms with van der Waals surface area (Å²) in [6.45, 7) is 8.63. The van der Waals surface area contributed by atoms with E-state index in [2.05, 4.69) is 32.5 Å². The average Bonchev–Trinajstić information content (AvgIpc) is 3.00. The number of rotatable bonds is 11. The van der Waals surface area contributed by atoms with Crippen molar-refractivity contribution in [3.8, 4) is 23.1 Å². The quantitative estimate of drug-likeness (QED) is 0.188. The Labute approximate surface area is 257 Å². The molecule has 1 fully saturated rings. The molecule has 1 aromatic heterocycles. The summed E-state index contributed by atoms with van der Waals surface area (Å²) >= 11 is 0. The first-order valence-corrected chi connectivity index (χ1v) is 14.8. The molecular formula is C34H38FN5O4. The second-order valence-electron chi connectivity index (χ2n) is 11.0. The molecule has 1 aliphatic heterocycles. The van der Waals surface area contributed by atoms with Crippen LogP contribution in [0.4, 0.5) is 21.7 Å². The van der Waals surface area contributed by atoms with Gasteiger partial charge in [-0.15, -0.1) is 0 Å². The van der Waals surface area contributed by atoms with Gasteiger partial charge in [0.15, 0.2) is 23.1 Å². The van der Waals surface area contributed by atoms with E-state index in [1.165, 1.54) is 12.3 Å². The first-order chi connectivity index (χ1) is 21.3. The fraction of sp³-hybridized carbons (Fsp3) is 0.324. The number of carbonyl (C=O) groups excluding carboxylic acids is 1. The zero-order valence-electron chi connectivity index (χ0n) is 25.5. The molecule has 0 radical (unpaired) electrons. The van der Waals surface area contributed by atoms with Crippen molar-refractivity contribution >= 4 is 23.2 Å². The molecule has 0 bridgehead atoms. The predicted octanol–water partition coefficient (Wildman–Crippen LogP) is 7.14. The number of aryl methyl sites for hydroxylation is 2. The van der Waals surface area contributed by atoms with Gasteiger partial charge in [-0.1, -0.05) is 30.3 Å². The van der Waals surface area contributed by atoms with Crippen molar-refractivity contribution in [2.75, 3.05) is 44.0 Å². The second kappa shape index (κ2) is 14.2. The minimum absolute atomic E-state index is 0.0104. The summed E-state index contributed by atoms with van der Waals surface area (Å²) in [4.78, 5) is 24.6. The number of nitrogens with one attached hydrogen (secondary N) is 2. The number of hydrogen-bond donors (Lipinski definition) is 2. The number of anilines is 3. The molecule has 10 heteroatoms. The smallest absolute Gasteiger partial charge is 0.262 e. The highest BCUT2D eigenvalue weighted by Crippen LogP contribution is 2.33. The Bertz CT molecular complexity index is 1590. The van der Waals surface area contributed by atoms with Crippen LogP contribution in [0.15, 0.2) is 66.9 Å². The van der Waals surface area contributed by atoms with E-state index in [4.69, 9.17) is 14.2 Å². The lowest BCUT2D eigenvalue weighted by Crippen LogP contribution is -2.34. The van der Waals surface area contributed by atoms with Crippen LogP contribution in [0.1, 0.15) is 41.3 Å². The predicted molar refractivity (Wildman–Crippen MR) is 169 cm³/mol. The molecule has 5 rings (SSSR count). The van der Waals surface area contributed by atoms with Crippen LogP contribution in [0.3, 0.4) is 0 Å².